The van der Waals surface area contributed by atoms with E-state index in [1.807, 2.05) is 30.3 Å². The number of fused-ring (bicyclic) bond motifs is 1. The number of sulfonamides is 1. The molecule has 2 aromatic rings. The normalized spacial score (nSPS) is 21.5. The van der Waals surface area contributed by atoms with Crippen molar-refractivity contribution in [1.29, 1.82) is 0 Å². The molecule has 0 aromatic heterocycles. The minimum Gasteiger partial charge on any atom is -0.497 e. The number of ether oxygens (including phenoxy) is 4. The zero-order valence-corrected chi connectivity index (χ0v) is 29.9. The van der Waals surface area contributed by atoms with Gasteiger partial charge in [-0.1, -0.05) is 69.1 Å². The first kappa shape index (κ1) is 38.6. The van der Waals surface area contributed by atoms with Gasteiger partial charge < -0.3 is 34.6 Å². The number of alkyl carbamates (subject to hydrolysis) is 1. The number of hydrogen-bond donors (Lipinski definition) is 4. The smallest absolute Gasteiger partial charge is 0.407 e. The molecule has 2 saturated heterocycles. The lowest BCUT2D eigenvalue weighted by Crippen LogP contribution is -2.55. The molecule has 272 valence electrons. The summed E-state index contributed by atoms with van der Waals surface area (Å²) < 4.78 is 52.1. The van der Waals surface area contributed by atoms with E-state index in [1.54, 1.807) is 12.1 Å². The van der Waals surface area contributed by atoms with Crippen molar-refractivity contribution in [2.24, 2.45) is 16.5 Å². The van der Waals surface area contributed by atoms with Crippen LogP contribution in [0.15, 0.2) is 64.6 Å². The third kappa shape index (κ3) is 11.4. The van der Waals surface area contributed by atoms with Gasteiger partial charge in [0.2, 0.25) is 10.0 Å². The lowest BCUT2D eigenvalue weighted by atomic mass is 9.84. The number of rotatable bonds is 19. The standard InChI is InChI=1S/C36H53N3O9S/c1-5-36(2,3)21-19-26(38-42)13-9-10-14-30(39-49(43,44)28-17-15-27(45-4)16-18-28)33(40)31(23-25-11-7-6-8-12-25)37-35(41)48-32-24-47-34-29(32)20-22-46-34/h6-8,11-12,15-18,29-34,39-40,42H,5,9-10,13-14,19-24H2,1-4H3,(H,37,41)/t29-,30?,31-,32-,33-,34+/m0/s1. The predicted octanol–water partition coefficient (Wildman–Crippen LogP) is 5.41. The van der Waals surface area contributed by atoms with Crippen molar-refractivity contribution in [3.05, 3.63) is 60.2 Å². The van der Waals surface area contributed by atoms with Crippen LogP contribution in [0.25, 0.3) is 0 Å². The van der Waals surface area contributed by atoms with Crippen LogP contribution in [0.2, 0.25) is 0 Å². The lowest BCUT2D eigenvalue weighted by Gasteiger charge is -2.31. The fourth-order valence-corrected chi connectivity index (χ4v) is 7.46. The molecule has 0 saturated carbocycles. The molecule has 0 spiro atoms. The van der Waals surface area contributed by atoms with Crippen LogP contribution in [0, 0.1) is 11.3 Å². The third-order valence-corrected chi connectivity index (χ3v) is 11.3. The highest BCUT2D eigenvalue weighted by atomic mass is 32.2. The first-order valence-electron chi connectivity index (χ1n) is 17.2. The van der Waals surface area contributed by atoms with E-state index in [2.05, 4.69) is 36.0 Å². The van der Waals surface area contributed by atoms with E-state index >= 15 is 0 Å². The summed E-state index contributed by atoms with van der Waals surface area (Å²) in [6.07, 6.45) is 2.49. The van der Waals surface area contributed by atoms with Crippen molar-refractivity contribution in [2.75, 3.05) is 20.3 Å². The highest BCUT2D eigenvalue weighted by molar-refractivity contribution is 7.89. The summed E-state index contributed by atoms with van der Waals surface area (Å²) >= 11 is 0. The molecule has 6 atom stereocenters. The zero-order chi connectivity index (χ0) is 35.4. The van der Waals surface area contributed by atoms with E-state index in [1.165, 1.54) is 19.2 Å². The minimum atomic E-state index is -4.08. The number of nitrogens with zero attached hydrogens (tertiary/aromatic N) is 1. The van der Waals surface area contributed by atoms with Crippen LogP contribution in [0.5, 0.6) is 5.75 Å². The van der Waals surface area contributed by atoms with Gasteiger partial charge in [0.15, 0.2) is 6.29 Å². The number of aliphatic hydroxyl groups is 1. The summed E-state index contributed by atoms with van der Waals surface area (Å²) in [4.78, 5) is 13.3. The number of amides is 1. The Morgan fingerprint density at radius 1 is 1.06 bits per heavy atom. The fourth-order valence-electron chi connectivity index (χ4n) is 6.18. The molecule has 49 heavy (non-hydrogen) atoms. The van der Waals surface area contributed by atoms with Crippen LogP contribution in [-0.4, -0.2) is 81.4 Å². The number of carbonyl (C=O) groups excluding carboxylic acids is 1. The quantitative estimate of drug-likeness (QED) is 0.0648. The summed E-state index contributed by atoms with van der Waals surface area (Å²) in [5.74, 6) is 0.445. The molecule has 1 unspecified atom stereocenters. The van der Waals surface area contributed by atoms with Crippen LogP contribution in [-0.2, 0) is 30.7 Å². The molecule has 4 rings (SSSR count). The van der Waals surface area contributed by atoms with Crippen LogP contribution in [0.1, 0.15) is 77.7 Å². The van der Waals surface area contributed by atoms with E-state index in [4.69, 9.17) is 18.9 Å². The average Bonchev–Trinajstić information content (AvgIpc) is 3.72. The molecule has 0 bridgehead atoms. The highest BCUT2D eigenvalue weighted by Gasteiger charge is 2.44. The Hall–Kier alpha value is -3.23. The van der Waals surface area contributed by atoms with Crippen LogP contribution in [0.3, 0.4) is 0 Å². The van der Waals surface area contributed by atoms with Crippen molar-refractivity contribution in [2.45, 2.75) is 114 Å². The second-order valence-electron chi connectivity index (χ2n) is 13.7. The van der Waals surface area contributed by atoms with E-state index < -0.39 is 46.7 Å². The molecule has 0 radical (unpaired) electrons. The number of oxime groups is 1. The molecule has 2 aliphatic rings. The lowest BCUT2D eigenvalue weighted by molar-refractivity contribution is -0.0907. The molecule has 2 aromatic carbocycles. The third-order valence-electron chi connectivity index (χ3n) is 9.77. The largest absolute Gasteiger partial charge is 0.497 e. The van der Waals surface area contributed by atoms with Gasteiger partial charge in [0.05, 0.1) is 55.0 Å². The first-order valence-corrected chi connectivity index (χ1v) is 18.7. The van der Waals surface area contributed by atoms with E-state index in [0.29, 0.717) is 50.2 Å². The number of methoxy groups -OCH3 is 1. The van der Waals surface area contributed by atoms with Gasteiger partial charge >= 0.3 is 6.09 Å². The number of hydrogen-bond acceptors (Lipinski definition) is 10. The number of carbonyl (C=O) groups is 1. The Morgan fingerprint density at radius 3 is 2.47 bits per heavy atom. The van der Waals surface area contributed by atoms with Gasteiger partial charge in [-0.15, -0.1) is 0 Å². The Balaban J connectivity index is 1.51. The SMILES string of the molecule is CCC(C)(C)CCC(CCCCC(NS(=O)(=O)c1ccc(OC)cc1)[C@H](O)[C@H](Cc1ccccc1)NC(=O)O[C@H]1CO[C@H]2OCC[C@H]21)=NO. The Bertz CT molecular complexity index is 1450. The summed E-state index contributed by atoms with van der Waals surface area (Å²) in [7, 11) is -2.59. The first-order chi connectivity index (χ1) is 23.4. The van der Waals surface area contributed by atoms with E-state index in [9.17, 15) is 23.5 Å². The maximum Gasteiger partial charge on any atom is 0.407 e. The summed E-state index contributed by atoms with van der Waals surface area (Å²) in [6.45, 7) is 7.25. The summed E-state index contributed by atoms with van der Waals surface area (Å²) in [5, 5.41) is 27.9. The Morgan fingerprint density at radius 2 is 1.80 bits per heavy atom. The van der Waals surface area contributed by atoms with E-state index in [0.717, 1.165) is 18.4 Å². The van der Waals surface area contributed by atoms with Crippen molar-refractivity contribution in [3.8, 4) is 5.75 Å². The predicted molar refractivity (Wildman–Crippen MR) is 185 cm³/mol. The maximum atomic E-state index is 13.6. The van der Waals surface area contributed by atoms with Gasteiger partial charge in [-0.3, -0.25) is 0 Å². The minimum absolute atomic E-state index is 0.0142. The molecule has 12 nitrogen and oxygen atoms in total. The van der Waals surface area contributed by atoms with E-state index in [-0.39, 0.29) is 35.7 Å². The highest BCUT2D eigenvalue weighted by Crippen LogP contribution is 2.33. The number of nitrogens with one attached hydrogen (secondary N) is 2. The average molecular weight is 704 g/mol. The van der Waals surface area contributed by atoms with Gasteiger partial charge in [0.25, 0.3) is 0 Å². The second kappa shape index (κ2) is 18.1. The molecular formula is C36H53N3O9S. The number of aliphatic hydroxyl groups excluding tert-OH is 1. The molecule has 1 amide bonds. The number of benzene rings is 2. The maximum absolute atomic E-state index is 13.6. The monoisotopic (exact) mass is 703 g/mol. The van der Waals surface area contributed by atoms with Gasteiger partial charge in [-0.2, -0.15) is 0 Å². The second-order valence-corrected chi connectivity index (χ2v) is 15.4. The summed E-state index contributed by atoms with van der Waals surface area (Å²) in [5.41, 5.74) is 1.66. The molecular weight excluding hydrogens is 650 g/mol. The topological polar surface area (TPSA) is 165 Å². The van der Waals surface area contributed by atoms with Gasteiger partial charge in [-0.05, 0) is 80.2 Å². The van der Waals surface area contributed by atoms with Gasteiger partial charge in [0.1, 0.15) is 11.9 Å². The molecule has 2 aliphatic heterocycles. The van der Waals surface area contributed by atoms with Crippen molar-refractivity contribution in [1.82, 2.24) is 10.0 Å². The molecule has 13 heteroatoms. The van der Waals surface area contributed by atoms with Crippen molar-refractivity contribution in [3.63, 3.8) is 0 Å². The van der Waals surface area contributed by atoms with Crippen LogP contribution < -0.4 is 14.8 Å². The number of unbranched alkanes of at least 4 members (excludes halogenated alkanes) is 1. The summed E-state index contributed by atoms with van der Waals surface area (Å²) in [6, 6.07) is 13.5. The Labute approximate surface area is 290 Å². The molecule has 2 heterocycles. The van der Waals surface area contributed by atoms with Crippen molar-refractivity contribution < 1.29 is 42.5 Å². The van der Waals surface area contributed by atoms with Crippen LogP contribution >= 0.6 is 0 Å². The molecule has 2 fully saturated rings. The van der Waals surface area contributed by atoms with Gasteiger partial charge in [-0.25, -0.2) is 17.9 Å². The van der Waals surface area contributed by atoms with Crippen LogP contribution in [0.4, 0.5) is 4.79 Å². The van der Waals surface area contributed by atoms with Gasteiger partial charge in [0, 0.05) is 0 Å². The fraction of sp³-hybridized carbons (Fsp3) is 0.611. The zero-order valence-electron chi connectivity index (χ0n) is 29.0. The molecule has 0 aliphatic carbocycles. The molecule has 4 N–H and O–H groups in total. The Kier molecular flexibility index (Phi) is 14.3. The van der Waals surface area contributed by atoms with Crippen molar-refractivity contribution >= 4 is 21.8 Å².